The van der Waals surface area contributed by atoms with Crippen LogP contribution in [0.4, 0.5) is 5.82 Å². The van der Waals surface area contributed by atoms with Crippen LogP contribution >= 0.6 is 11.6 Å². The summed E-state index contributed by atoms with van der Waals surface area (Å²) in [6, 6.07) is 9.98. The molecule has 1 atom stereocenters. The van der Waals surface area contributed by atoms with Gasteiger partial charge in [-0.25, -0.2) is 9.67 Å². The number of nitrogens with zero attached hydrogens (tertiary/aromatic N) is 3. The molecule has 0 aliphatic carbocycles. The summed E-state index contributed by atoms with van der Waals surface area (Å²) in [5.74, 6) is 0.758. The first-order chi connectivity index (χ1) is 11.8. The zero-order valence-corrected chi connectivity index (χ0v) is 14.3. The van der Waals surface area contributed by atoms with Crippen molar-refractivity contribution < 1.29 is 4.74 Å². The van der Waals surface area contributed by atoms with Gasteiger partial charge < -0.3 is 10.1 Å². The van der Waals surface area contributed by atoms with Gasteiger partial charge in [0.1, 0.15) is 5.82 Å². The fourth-order valence-electron chi connectivity index (χ4n) is 3.16. The zero-order chi connectivity index (χ0) is 16.5. The smallest absolute Gasteiger partial charge is 0.150 e. The number of aromatic nitrogens is 3. The molecule has 1 saturated heterocycles. The Morgan fingerprint density at radius 3 is 2.96 bits per heavy atom. The monoisotopic (exact) mass is 342 g/mol. The minimum atomic E-state index is 0.0136. The lowest BCUT2D eigenvalue weighted by atomic mass is 10.1. The number of fused-ring (bicyclic) bond motifs is 1. The second-order valence-corrected chi connectivity index (χ2v) is 6.36. The van der Waals surface area contributed by atoms with E-state index in [4.69, 9.17) is 16.3 Å². The van der Waals surface area contributed by atoms with Gasteiger partial charge in [0.15, 0.2) is 6.23 Å². The molecule has 1 aliphatic rings. The van der Waals surface area contributed by atoms with Crippen LogP contribution in [0.2, 0.25) is 5.02 Å². The normalized spacial score (nSPS) is 18.0. The number of halogens is 1. The van der Waals surface area contributed by atoms with Crippen molar-refractivity contribution in [1.82, 2.24) is 14.8 Å². The standard InChI is InChI=1S/C18H19ClN4O/c1-20-17-11-14(19)13-6-5-12(10-15(13)22-17)16-7-8-21-23(16)18-4-2-3-9-24-18/h5-8,10-11,18H,2-4,9H2,1H3,(H,20,22). The van der Waals surface area contributed by atoms with Gasteiger partial charge in [0, 0.05) is 30.8 Å². The van der Waals surface area contributed by atoms with Crippen molar-refractivity contribution in [2.75, 3.05) is 19.0 Å². The van der Waals surface area contributed by atoms with Crippen LogP contribution in [0.3, 0.4) is 0 Å². The summed E-state index contributed by atoms with van der Waals surface area (Å²) in [6.45, 7) is 0.796. The molecule has 0 bridgehead atoms. The summed E-state index contributed by atoms with van der Waals surface area (Å²) in [4.78, 5) is 4.61. The fraction of sp³-hybridized carbons (Fsp3) is 0.333. The van der Waals surface area contributed by atoms with Crippen molar-refractivity contribution in [2.45, 2.75) is 25.5 Å². The van der Waals surface area contributed by atoms with Gasteiger partial charge in [0.05, 0.1) is 16.2 Å². The van der Waals surface area contributed by atoms with Gasteiger partial charge in [-0.05, 0) is 37.5 Å². The lowest BCUT2D eigenvalue weighted by molar-refractivity contribution is -0.0383. The zero-order valence-electron chi connectivity index (χ0n) is 13.5. The maximum Gasteiger partial charge on any atom is 0.150 e. The highest BCUT2D eigenvalue weighted by molar-refractivity contribution is 6.35. The van der Waals surface area contributed by atoms with E-state index in [-0.39, 0.29) is 6.23 Å². The van der Waals surface area contributed by atoms with E-state index in [1.807, 2.05) is 36.1 Å². The lowest BCUT2D eigenvalue weighted by Gasteiger charge is -2.24. The highest BCUT2D eigenvalue weighted by Gasteiger charge is 2.19. The molecule has 124 valence electrons. The Labute approximate surface area is 145 Å². The number of rotatable bonds is 3. The maximum absolute atomic E-state index is 6.35. The summed E-state index contributed by atoms with van der Waals surface area (Å²) < 4.78 is 7.86. The molecule has 1 unspecified atom stereocenters. The summed E-state index contributed by atoms with van der Waals surface area (Å²) in [6.07, 6.45) is 5.13. The molecular formula is C18H19ClN4O. The molecule has 1 N–H and O–H groups in total. The molecule has 1 aromatic carbocycles. The summed E-state index contributed by atoms with van der Waals surface area (Å²) in [7, 11) is 1.84. The van der Waals surface area contributed by atoms with Crippen LogP contribution in [-0.4, -0.2) is 28.4 Å². The second-order valence-electron chi connectivity index (χ2n) is 5.95. The van der Waals surface area contributed by atoms with Gasteiger partial charge in [-0.15, -0.1) is 0 Å². The van der Waals surface area contributed by atoms with Crippen LogP contribution in [0.25, 0.3) is 22.2 Å². The average Bonchev–Trinajstić information content (AvgIpc) is 3.11. The maximum atomic E-state index is 6.35. The molecule has 4 rings (SSSR count). The van der Waals surface area contributed by atoms with Crippen molar-refractivity contribution in [1.29, 1.82) is 0 Å². The van der Waals surface area contributed by atoms with E-state index in [1.165, 1.54) is 6.42 Å². The highest BCUT2D eigenvalue weighted by atomic mass is 35.5. The largest absolute Gasteiger partial charge is 0.373 e. The number of hydrogen-bond acceptors (Lipinski definition) is 4. The summed E-state index contributed by atoms with van der Waals surface area (Å²) >= 11 is 6.35. The van der Waals surface area contributed by atoms with Gasteiger partial charge in [-0.1, -0.05) is 23.7 Å². The van der Waals surface area contributed by atoms with Gasteiger partial charge in [0.25, 0.3) is 0 Å². The molecule has 0 radical (unpaired) electrons. The van der Waals surface area contributed by atoms with Crippen molar-refractivity contribution in [3.63, 3.8) is 0 Å². The first kappa shape index (κ1) is 15.4. The number of benzene rings is 1. The third-order valence-electron chi connectivity index (χ3n) is 4.41. The van der Waals surface area contributed by atoms with Crippen molar-refractivity contribution >= 4 is 28.3 Å². The Bertz CT molecular complexity index is 871. The third-order valence-corrected chi connectivity index (χ3v) is 4.72. The number of anilines is 1. The number of ether oxygens (including phenoxy) is 1. The van der Waals surface area contributed by atoms with E-state index in [0.717, 1.165) is 47.4 Å². The van der Waals surface area contributed by atoms with E-state index < -0.39 is 0 Å². The second kappa shape index (κ2) is 6.42. The van der Waals surface area contributed by atoms with E-state index in [9.17, 15) is 0 Å². The molecule has 2 aromatic heterocycles. The van der Waals surface area contributed by atoms with Crippen LogP contribution in [0.5, 0.6) is 0 Å². The lowest BCUT2D eigenvalue weighted by Crippen LogP contribution is -2.19. The molecular weight excluding hydrogens is 324 g/mol. The molecule has 5 nitrogen and oxygen atoms in total. The fourth-order valence-corrected chi connectivity index (χ4v) is 3.43. The molecule has 1 fully saturated rings. The third kappa shape index (κ3) is 2.74. The van der Waals surface area contributed by atoms with Gasteiger partial charge in [-0.3, -0.25) is 0 Å². The van der Waals surface area contributed by atoms with Crippen LogP contribution in [0.1, 0.15) is 25.5 Å². The van der Waals surface area contributed by atoms with E-state index >= 15 is 0 Å². The first-order valence-electron chi connectivity index (χ1n) is 8.20. The highest BCUT2D eigenvalue weighted by Crippen LogP contribution is 2.32. The molecule has 0 spiro atoms. The topological polar surface area (TPSA) is 52.0 Å². The van der Waals surface area contributed by atoms with E-state index in [2.05, 4.69) is 27.5 Å². The molecule has 1 aliphatic heterocycles. The molecule has 3 heterocycles. The van der Waals surface area contributed by atoms with Crippen molar-refractivity contribution in [3.8, 4) is 11.3 Å². The van der Waals surface area contributed by atoms with Crippen LogP contribution in [-0.2, 0) is 4.74 Å². The Morgan fingerprint density at radius 2 is 2.17 bits per heavy atom. The Kier molecular flexibility index (Phi) is 4.12. The van der Waals surface area contributed by atoms with Crippen LogP contribution in [0, 0.1) is 0 Å². The van der Waals surface area contributed by atoms with Crippen LogP contribution in [0.15, 0.2) is 36.5 Å². The number of hydrogen-bond donors (Lipinski definition) is 1. The minimum Gasteiger partial charge on any atom is -0.373 e. The van der Waals surface area contributed by atoms with Gasteiger partial charge in [0.2, 0.25) is 0 Å². The number of pyridine rings is 1. The quantitative estimate of drug-likeness (QED) is 0.761. The SMILES string of the molecule is CNc1cc(Cl)c2ccc(-c3ccnn3C3CCCCO3)cc2n1. The van der Waals surface area contributed by atoms with Crippen molar-refractivity contribution in [2.24, 2.45) is 0 Å². The van der Waals surface area contributed by atoms with E-state index in [0.29, 0.717) is 5.02 Å². The predicted molar refractivity (Wildman–Crippen MR) is 96.4 cm³/mol. The first-order valence-corrected chi connectivity index (χ1v) is 8.57. The Balaban J connectivity index is 1.78. The minimum absolute atomic E-state index is 0.0136. The average molecular weight is 343 g/mol. The predicted octanol–water partition coefficient (Wildman–Crippen LogP) is 4.49. The van der Waals surface area contributed by atoms with Gasteiger partial charge >= 0.3 is 0 Å². The Morgan fingerprint density at radius 1 is 1.25 bits per heavy atom. The Hall–Kier alpha value is -2.11. The molecule has 6 heteroatoms. The molecule has 0 amide bonds. The van der Waals surface area contributed by atoms with Crippen molar-refractivity contribution in [3.05, 3.63) is 41.6 Å². The molecule has 24 heavy (non-hydrogen) atoms. The van der Waals surface area contributed by atoms with Crippen LogP contribution < -0.4 is 5.32 Å². The van der Waals surface area contributed by atoms with Gasteiger partial charge in [-0.2, -0.15) is 5.10 Å². The summed E-state index contributed by atoms with van der Waals surface area (Å²) in [5, 5.41) is 9.16. The number of nitrogens with one attached hydrogen (secondary N) is 1. The molecule has 0 saturated carbocycles. The van der Waals surface area contributed by atoms with E-state index in [1.54, 1.807) is 0 Å². The molecule has 3 aromatic rings. The summed E-state index contributed by atoms with van der Waals surface area (Å²) in [5.41, 5.74) is 2.96.